The molecule has 0 saturated carbocycles. The second-order valence-electron chi connectivity index (χ2n) is 5.63. The third kappa shape index (κ3) is 2.31. The molecular weight excluding hydrogens is 346 g/mol. The molecule has 0 unspecified atom stereocenters. The van der Waals surface area contributed by atoms with Gasteiger partial charge in [-0.2, -0.15) is 0 Å². The van der Waals surface area contributed by atoms with Gasteiger partial charge in [-0.25, -0.2) is 13.2 Å². The number of amides is 1. The van der Waals surface area contributed by atoms with Gasteiger partial charge in [0.1, 0.15) is 6.54 Å². The van der Waals surface area contributed by atoms with Gasteiger partial charge in [-0.05, 0) is 24.3 Å². The number of hydrogen-bond donors (Lipinski definition) is 1. The van der Waals surface area contributed by atoms with E-state index < -0.39 is 15.8 Å². The number of H-pyrrole nitrogens is 1. The lowest BCUT2D eigenvalue weighted by molar-refractivity contribution is -0.117. The van der Waals surface area contributed by atoms with Crippen molar-refractivity contribution in [2.45, 2.75) is 4.90 Å². The number of para-hydroxylation sites is 2. The van der Waals surface area contributed by atoms with Crippen molar-refractivity contribution in [3.05, 3.63) is 53.0 Å². The number of hydrogen-bond acceptors (Lipinski definition) is 5. The third-order valence-corrected chi connectivity index (χ3v) is 5.90. The molecule has 1 N–H and O–H groups in total. The van der Waals surface area contributed by atoms with Gasteiger partial charge in [-0.1, -0.05) is 12.1 Å². The fraction of sp³-hybridized carbons (Fsp3) is 0.125. The van der Waals surface area contributed by atoms with E-state index in [0.29, 0.717) is 16.9 Å². The van der Waals surface area contributed by atoms with Gasteiger partial charge in [0, 0.05) is 13.1 Å². The van der Waals surface area contributed by atoms with Crippen molar-refractivity contribution in [1.82, 2.24) is 4.98 Å². The van der Waals surface area contributed by atoms with Crippen LogP contribution in [0.15, 0.2) is 56.6 Å². The van der Waals surface area contributed by atoms with Gasteiger partial charge in [0.2, 0.25) is 5.91 Å². The molecule has 0 spiro atoms. The smallest absolute Gasteiger partial charge is 0.408 e. The summed E-state index contributed by atoms with van der Waals surface area (Å²) in [4.78, 5) is 27.3. The highest BCUT2D eigenvalue weighted by molar-refractivity contribution is 7.93. The lowest BCUT2D eigenvalue weighted by Crippen LogP contribution is -2.46. The van der Waals surface area contributed by atoms with Gasteiger partial charge in [0.25, 0.3) is 10.0 Å². The van der Waals surface area contributed by atoms with Crippen molar-refractivity contribution in [1.29, 1.82) is 0 Å². The number of likely N-dealkylation sites (N-methyl/N-ethyl adjacent to an activating group) is 1. The molecule has 1 aliphatic rings. The Morgan fingerprint density at radius 3 is 2.56 bits per heavy atom. The Hall–Kier alpha value is -3.07. The Morgan fingerprint density at radius 1 is 1.08 bits per heavy atom. The molecule has 9 heteroatoms. The Bertz CT molecular complexity index is 1160. The number of sulfonamides is 1. The fourth-order valence-electron chi connectivity index (χ4n) is 2.83. The second-order valence-corrected chi connectivity index (χ2v) is 7.49. The number of oxazole rings is 1. The van der Waals surface area contributed by atoms with Crippen LogP contribution >= 0.6 is 0 Å². The van der Waals surface area contributed by atoms with Crippen molar-refractivity contribution < 1.29 is 17.6 Å². The van der Waals surface area contributed by atoms with Crippen LogP contribution in [-0.4, -0.2) is 32.9 Å². The number of carbonyl (C=O) groups is 1. The first-order chi connectivity index (χ1) is 11.9. The molecule has 0 radical (unpaired) electrons. The van der Waals surface area contributed by atoms with Crippen LogP contribution in [0.2, 0.25) is 0 Å². The Labute approximate surface area is 142 Å². The Balaban J connectivity index is 1.88. The number of nitrogens with zero attached hydrogens (tertiary/aromatic N) is 2. The number of rotatable bonds is 2. The molecule has 0 aliphatic carbocycles. The van der Waals surface area contributed by atoms with Gasteiger partial charge in [0.15, 0.2) is 5.58 Å². The summed E-state index contributed by atoms with van der Waals surface area (Å²) in [5.41, 5.74) is 1.47. The summed E-state index contributed by atoms with van der Waals surface area (Å²) in [6.45, 7) is -0.301. The van der Waals surface area contributed by atoms with Crippen LogP contribution in [0.25, 0.3) is 11.1 Å². The molecule has 1 amide bonds. The second kappa shape index (κ2) is 5.21. The van der Waals surface area contributed by atoms with E-state index in [4.69, 9.17) is 4.42 Å². The van der Waals surface area contributed by atoms with Gasteiger partial charge in [-0.15, -0.1) is 0 Å². The lowest BCUT2D eigenvalue weighted by atomic mass is 10.2. The Kier molecular flexibility index (Phi) is 3.22. The van der Waals surface area contributed by atoms with Crippen LogP contribution in [0.4, 0.5) is 11.4 Å². The molecule has 128 valence electrons. The number of carbonyl (C=O) groups excluding carboxylic acids is 1. The largest absolute Gasteiger partial charge is 0.417 e. The summed E-state index contributed by atoms with van der Waals surface area (Å²) < 4.78 is 32.2. The number of benzene rings is 2. The van der Waals surface area contributed by atoms with Crippen LogP contribution in [0, 0.1) is 0 Å². The van der Waals surface area contributed by atoms with Crippen LogP contribution in [-0.2, 0) is 14.8 Å². The van der Waals surface area contributed by atoms with Crippen LogP contribution in [0.3, 0.4) is 0 Å². The first-order valence-electron chi connectivity index (χ1n) is 7.39. The van der Waals surface area contributed by atoms with Gasteiger partial charge in [0.05, 0.1) is 21.8 Å². The van der Waals surface area contributed by atoms with E-state index in [-0.39, 0.29) is 22.9 Å². The molecule has 2 aromatic carbocycles. The molecule has 3 aromatic rings. The first kappa shape index (κ1) is 15.5. The summed E-state index contributed by atoms with van der Waals surface area (Å²) in [7, 11) is -2.40. The van der Waals surface area contributed by atoms with Crippen LogP contribution in [0.5, 0.6) is 0 Å². The standard InChI is InChI=1S/C16H13N3O5S/c1-18-12-4-2-3-5-13(12)19(9-15(18)20)25(22,23)10-6-7-11-14(8-10)24-16(21)17-11/h2-8H,9H2,1H3,(H,17,21). The maximum absolute atomic E-state index is 13.1. The number of nitrogens with one attached hydrogen (secondary N) is 1. The topological polar surface area (TPSA) is 104 Å². The van der Waals surface area contributed by atoms with E-state index in [2.05, 4.69) is 4.98 Å². The van der Waals surface area contributed by atoms with E-state index in [1.54, 1.807) is 31.3 Å². The molecule has 0 bridgehead atoms. The zero-order valence-corrected chi connectivity index (χ0v) is 13.9. The summed E-state index contributed by atoms with van der Waals surface area (Å²) >= 11 is 0. The predicted octanol–water partition coefficient (Wildman–Crippen LogP) is 1.29. The molecule has 0 saturated heterocycles. The van der Waals surface area contributed by atoms with E-state index in [1.807, 2.05) is 0 Å². The number of aromatic amines is 1. The fourth-order valence-corrected chi connectivity index (χ4v) is 4.28. The van der Waals surface area contributed by atoms with E-state index in [0.717, 1.165) is 4.31 Å². The van der Waals surface area contributed by atoms with Gasteiger partial charge in [-0.3, -0.25) is 14.1 Å². The number of fused-ring (bicyclic) bond motifs is 2. The number of anilines is 2. The maximum Gasteiger partial charge on any atom is 0.417 e. The summed E-state index contributed by atoms with van der Waals surface area (Å²) in [6, 6.07) is 10.9. The highest BCUT2D eigenvalue weighted by Gasteiger charge is 2.35. The molecular formula is C16H13N3O5S. The van der Waals surface area contributed by atoms with Crippen molar-refractivity contribution in [2.75, 3.05) is 22.8 Å². The quantitative estimate of drug-likeness (QED) is 0.743. The average molecular weight is 359 g/mol. The van der Waals surface area contributed by atoms with E-state index in [1.165, 1.54) is 23.1 Å². The van der Waals surface area contributed by atoms with Crippen molar-refractivity contribution in [2.24, 2.45) is 0 Å². The first-order valence-corrected chi connectivity index (χ1v) is 8.83. The molecule has 1 aliphatic heterocycles. The number of aromatic nitrogens is 1. The molecule has 4 rings (SSSR count). The van der Waals surface area contributed by atoms with Crippen LogP contribution < -0.4 is 15.0 Å². The van der Waals surface area contributed by atoms with E-state index in [9.17, 15) is 18.0 Å². The zero-order chi connectivity index (χ0) is 17.8. The molecule has 25 heavy (non-hydrogen) atoms. The van der Waals surface area contributed by atoms with Crippen molar-refractivity contribution in [3.63, 3.8) is 0 Å². The molecule has 1 aromatic heterocycles. The van der Waals surface area contributed by atoms with Gasteiger partial charge >= 0.3 is 5.76 Å². The summed E-state index contributed by atoms with van der Waals surface area (Å²) in [6.07, 6.45) is 0. The van der Waals surface area contributed by atoms with Crippen molar-refractivity contribution in [3.8, 4) is 0 Å². The molecule has 8 nitrogen and oxygen atoms in total. The SMILES string of the molecule is CN1C(=O)CN(S(=O)(=O)c2ccc3[nH]c(=O)oc3c2)c2ccccc21. The molecule has 0 atom stereocenters. The molecule has 2 heterocycles. The normalized spacial score (nSPS) is 14.8. The monoisotopic (exact) mass is 359 g/mol. The maximum atomic E-state index is 13.1. The molecule has 0 fully saturated rings. The lowest BCUT2D eigenvalue weighted by Gasteiger charge is -2.34. The zero-order valence-electron chi connectivity index (χ0n) is 13.1. The highest BCUT2D eigenvalue weighted by atomic mass is 32.2. The Morgan fingerprint density at radius 2 is 1.80 bits per heavy atom. The van der Waals surface area contributed by atoms with E-state index >= 15 is 0 Å². The summed E-state index contributed by atoms with van der Waals surface area (Å²) in [5, 5.41) is 0. The minimum Gasteiger partial charge on any atom is -0.408 e. The predicted molar refractivity (Wildman–Crippen MR) is 91.2 cm³/mol. The van der Waals surface area contributed by atoms with Crippen molar-refractivity contribution >= 4 is 38.4 Å². The third-order valence-electron chi connectivity index (χ3n) is 4.15. The minimum atomic E-state index is -4.00. The van der Waals surface area contributed by atoms with Crippen LogP contribution in [0.1, 0.15) is 0 Å². The minimum absolute atomic E-state index is 0.0603. The average Bonchev–Trinajstić information content (AvgIpc) is 2.97. The highest BCUT2D eigenvalue weighted by Crippen LogP contribution is 2.36. The van der Waals surface area contributed by atoms with Gasteiger partial charge < -0.3 is 9.32 Å². The summed E-state index contributed by atoms with van der Waals surface area (Å²) in [5.74, 6) is -0.999.